The summed E-state index contributed by atoms with van der Waals surface area (Å²) >= 11 is 1.49. The molecule has 0 spiro atoms. The van der Waals surface area contributed by atoms with Crippen molar-refractivity contribution >= 4 is 11.3 Å². The van der Waals surface area contributed by atoms with E-state index in [1.165, 1.54) is 11.3 Å². The van der Waals surface area contributed by atoms with Crippen LogP contribution in [0.25, 0.3) is 10.6 Å². The Labute approximate surface area is 109 Å². The summed E-state index contributed by atoms with van der Waals surface area (Å²) in [5, 5.41) is 9.50. The average Bonchev–Trinajstić information content (AvgIpc) is 2.87. The Bertz CT molecular complexity index is 587. The lowest BCUT2D eigenvalue weighted by Crippen LogP contribution is -1.89. The van der Waals surface area contributed by atoms with Crippen LogP contribution in [0.15, 0.2) is 24.4 Å². The first-order valence-corrected chi connectivity index (χ1v) is 6.14. The van der Waals surface area contributed by atoms with Crippen molar-refractivity contribution in [3.05, 3.63) is 29.3 Å². The van der Waals surface area contributed by atoms with Crippen LogP contribution in [0.2, 0.25) is 0 Å². The molecule has 0 aliphatic carbocycles. The van der Waals surface area contributed by atoms with Crippen LogP contribution in [0, 0.1) is 11.3 Å². The molecule has 4 nitrogen and oxygen atoms in total. The molecule has 0 N–H and O–H groups in total. The molecule has 0 atom stereocenters. The minimum Gasteiger partial charge on any atom is -0.497 e. The molecule has 0 fully saturated rings. The van der Waals surface area contributed by atoms with Crippen LogP contribution >= 0.6 is 11.3 Å². The summed E-state index contributed by atoms with van der Waals surface area (Å²) in [6.07, 6.45) is 2.10. The van der Waals surface area contributed by atoms with Gasteiger partial charge in [0.2, 0.25) is 0 Å². The molecule has 0 saturated carbocycles. The SMILES string of the molecule is COc1ccc(OC)c(-c2ncc(CC#N)s2)c1. The molecule has 0 unspecified atom stereocenters. The second kappa shape index (κ2) is 5.52. The Hall–Kier alpha value is -2.06. The fourth-order valence-corrected chi connectivity index (χ4v) is 2.44. The second-order valence-corrected chi connectivity index (χ2v) is 4.65. The molecule has 0 radical (unpaired) electrons. The molecule has 0 aliphatic heterocycles. The molecule has 1 aromatic carbocycles. The molecular weight excluding hydrogens is 248 g/mol. The van der Waals surface area contributed by atoms with E-state index in [2.05, 4.69) is 11.1 Å². The van der Waals surface area contributed by atoms with Crippen molar-refractivity contribution in [1.82, 2.24) is 4.98 Å². The third-order valence-corrected chi connectivity index (χ3v) is 3.47. The number of benzene rings is 1. The van der Waals surface area contributed by atoms with Gasteiger partial charge in [-0.15, -0.1) is 11.3 Å². The van der Waals surface area contributed by atoms with Gasteiger partial charge in [-0.1, -0.05) is 0 Å². The Balaban J connectivity index is 2.44. The number of nitriles is 1. The fourth-order valence-electron chi connectivity index (χ4n) is 1.57. The van der Waals surface area contributed by atoms with Crippen LogP contribution in [0.1, 0.15) is 4.88 Å². The zero-order valence-electron chi connectivity index (χ0n) is 10.1. The number of methoxy groups -OCH3 is 2. The average molecular weight is 260 g/mol. The van der Waals surface area contributed by atoms with Crippen molar-refractivity contribution < 1.29 is 9.47 Å². The molecule has 0 aliphatic rings. The van der Waals surface area contributed by atoms with Gasteiger partial charge in [0.1, 0.15) is 16.5 Å². The topological polar surface area (TPSA) is 55.1 Å². The van der Waals surface area contributed by atoms with Gasteiger partial charge in [-0.25, -0.2) is 4.98 Å². The summed E-state index contributed by atoms with van der Waals surface area (Å²) in [5.41, 5.74) is 0.881. The standard InChI is InChI=1S/C13H12N2O2S/c1-16-9-3-4-12(17-2)11(7-9)13-15-8-10(18-13)5-6-14/h3-4,7-8H,5H2,1-2H3. The molecule has 5 heteroatoms. The molecule has 2 aromatic rings. The molecule has 1 aromatic heterocycles. The number of hydrogen-bond acceptors (Lipinski definition) is 5. The van der Waals surface area contributed by atoms with E-state index in [1.54, 1.807) is 20.4 Å². The van der Waals surface area contributed by atoms with Crippen LogP contribution in [0.4, 0.5) is 0 Å². The maximum atomic E-state index is 8.67. The van der Waals surface area contributed by atoms with E-state index < -0.39 is 0 Å². The number of thiazole rings is 1. The predicted octanol–water partition coefficient (Wildman–Crippen LogP) is 2.89. The quantitative estimate of drug-likeness (QED) is 0.848. The highest BCUT2D eigenvalue weighted by atomic mass is 32.1. The first-order chi connectivity index (χ1) is 8.78. The largest absolute Gasteiger partial charge is 0.497 e. The van der Waals surface area contributed by atoms with Gasteiger partial charge in [0.25, 0.3) is 0 Å². The number of ether oxygens (including phenoxy) is 2. The highest BCUT2D eigenvalue weighted by Crippen LogP contribution is 2.35. The first-order valence-electron chi connectivity index (χ1n) is 5.32. The third kappa shape index (κ3) is 2.44. The van der Waals surface area contributed by atoms with Gasteiger partial charge in [-0.05, 0) is 18.2 Å². The number of nitrogens with zero attached hydrogens (tertiary/aromatic N) is 2. The Morgan fingerprint density at radius 2 is 2.17 bits per heavy atom. The minimum atomic E-state index is 0.379. The molecular formula is C13H12N2O2S. The Morgan fingerprint density at radius 3 is 2.83 bits per heavy atom. The number of rotatable bonds is 4. The summed E-state index contributed by atoms with van der Waals surface area (Å²) in [7, 11) is 3.24. The maximum absolute atomic E-state index is 8.67. The third-order valence-electron chi connectivity index (χ3n) is 2.44. The maximum Gasteiger partial charge on any atom is 0.129 e. The van der Waals surface area contributed by atoms with Crippen molar-refractivity contribution in [3.8, 4) is 28.1 Å². The van der Waals surface area contributed by atoms with Gasteiger partial charge < -0.3 is 9.47 Å². The Kier molecular flexibility index (Phi) is 3.80. The monoisotopic (exact) mass is 260 g/mol. The van der Waals surface area contributed by atoms with Crippen LogP contribution in [-0.2, 0) is 6.42 Å². The zero-order chi connectivity index (χ0) is 13.0. The lowest BCUT2D eigenvalue weighted by Gasteiger charge is -2.07. The number of hydrogen-bond donors (Lipinski definition) is 0. The summed E-state index contributed by atoms with van der Waals surface area (Å²) in [4.78, 5) is 5.26. The van der Waals surface area contributed by atoms with E-state index in [9.17, 15) is 0 Å². The van der Waals surface area contributed by atoms with Crippen LogP contribution in [-0.4, -0.2) is 19.2 Å². The Morgan fingerprint density at radius 1 is 1.33 bits per heavy atom. The molecule has 92 valence electrons. The molecule has 2 rings (SSSR count). The van der Waals surface area contributed by atoms with E-state index in [0.29, 0.717) is 6.42 Å². The van der Waals surface area contributed by atoms with E-state index in [4.69, 9.17) is 14.7 Å². The van der Waals surface area contributed by atoms with E-state index in [1.807, 2.05) is 18.2 Å². The highest BCUT2D eigenvalue weighted by Gasteiger charge is 2.11. The van der Waals surface area contributed by atoms with E-state index >= 15 is 0 Å². The molecule has 0 bridgehead atoms. The van der Waals surface area contributed by atoms with Gasteiger partial charge in [0, 0.05) is 11.1 Å². The number of aromatic nitrogens is 1. The lowest BCUT2D eigenvalue weighted by molar-refractivity contribution is 0.404. The smallest absolute Gasteiger partial charge is 0.129 e. The van der Waals surface area contributed by atoms with Gasteiger partial charge in [-0.3, -0.25) is 0 Å². The van der Waals surface area contributed by atoms with Crippen LogP contribution in [0.5, 0.6) is 11.5 Å². The predicted molar refractivity (Wildman–Crippen MR) is 70.0 cm³/mol. The molecule has 1 heterocycles. The summed E-state index contributed by atoms with van der Waals surface area (Å²) in [5.74, 6) is 1.50. The van der Waals surface area contributed by atoms with Crippen molar-refractivity contribution in [1.29, 1.82) is 5.26 Å². The molecule has 0 amide bonds. The van der Waals surface area contributed by atoms with Crippen molar-refractivity contribution in [2.45, 2.75) is 6.42 Å². The lowest BCUT2D eigenvalue weighted by atomic mass is 10.2. The highest BCUT2D eigenvalue weighted by molar-refractivity contribution is 7.15. The van der Waals surface area contributed by atoms with Crippen LogP contribution < -0.4 is 9.47 Å². The van der Waals surface area contributed by atoms with Crippen molar-refractivity contribution in [2.24, 2.45) is 0 Å². The van der Waals surface area contributed by atoms with Gasteiger partial charge in [0.15, 0.2) is 0 Å². The normalized spacial score (nSPS) is 9.83. The summed E-state index contributed by atoms with van der Waals surface area (Å²) in [6, 6.07) is 7.68. The first kappa shape index (κ1) is 12.4. The zero-order valence-corrected chi connectivity index (χ0v) is 11.0. The van der Waals surface area contributed by atoms with Gasteiger partial charge >= 0.3 is 0 Å². The van der Waals surface area contributed by atoms with Crippen molar-refractivity contribution in [2.75, 3.05) is 14.2 Å². The van der Waals surface area contributed by atoms with Gasteiger partial charge in [-0.2, -0.15) is 5.26 Å². The van der Waals surface area contributed by atoms with Crippen molar-refractivity contribution in [3.63, 3.8) is 0 Å². The fraction of sp³-hybridized carbons (Fsp3) is 0.231. The van der Waals surface area contributed by atoms with E-state index in [-0.39, 0.29) is 0 Å². The summed E-state index contributed by atoms with van der Waals surface area (Å²) < 4.78 is 10.5. The van der Waals surface area contributed by atoms with E-state index in [0.717, 1.165) is 26.9 Å². The molecule has 0 saturated heterocycles. The molecule has 18 heavy (non-hydrogen) atoms. The van der Waals surface area contributed by atoms with Crippen LogP contribution in [0.3, 0.4) is 0 Å². The summed E-state index contributed by atoms with van der Waals surface area (Å²) in [6.45, 7) is 0. The van der Waals surface area contributed by atoms with Gasteiger partial charge in [0.05, 0.1) is 32.3 Å². The minimum absolute atomic E-state index is 0.379. The second-order valence-electron chi connectivity index (χ2n) is 3.53.